The molecule has 0 heterocycles. The summed E-state index contributed by atoms with van der Waals surface area (Å²) >= 11 is 18.4. The zero-order chi connectivity index (χ0) is 14.7. The molecule has 2 aromatic rings. The van der Waals surface area contributed by atoms with Gasteiger partial charge in [-0.25, -0.2) is 0 Å². The first-order chi connectivity index (χ1) is 9.50. The molecule has 2 rings (SSSR count). The molecule has 0 amide bonds. The predicted molar refractivity (Wildman–Crippen MR) is 89.3 cm³/mol. The Balaban J connectivity index is 2.24. The summed E-state index contributed by atoms with van der Waals surface area (Å²) < 4.78 is 0. The van der Waals surface area contributed by atoms with E-state index in [9.17, 15) is 0 Å². The molecule has 1 nitrogen and oxygen atoms in total. The van der Waals surface area contributed by atoms with Gasteiger partial charge in [0, 0.05) is 22.8 Å². The first-order valence-corrected chi connectivity index (χ1v) is 7.59. The van der Waals surface area contributed by atoms with Crippen molar-refractivity contribution in [2.45, 2.75) is 26.3 Å². The van der Waals surface area contributed by atoms with Crippen molar-refractivity contribution >= 4 is 40.5 Å². The molecule has 0 bridgehead atoms. The molecular formula is C16H16Cl3N. The summed E-state index contributed by atoms with van der Waals surface area (Å²) in [4.78, 5) is 0. The zero-order valence-corrected chi connectivity index (χ0v) is 13.7. The van der Waals surface area contributed by atoms with Gasteiger partial charge in [0.25, 0.3) is 0 Å². The maximum Gasteiger partial charge on any atom is 0.0657 e. The topological polar surface area (TPSA) is 12.0 Å². The number of rotatable bonds is 4. The van der Waals surface area contributed by atoms with Crippen LogP contribution in [0.4, 0.5) is 5.69 Å². The Hall–Kier alpha value is -0.890. The smallest absolute Gasteiger partial charge is 0.0657 e. The van der Waals surface area contributed by atoms with Gasteiger partial charge in [0.1, 0.15) is 0 Å². The highest BCUT2D eigenvalue weighted by molar-refractivity contribution is 6.44. The maximum atomic E-state index is 6.21. The molecule has 0 aliphatic heterocycles. The quantitative estimate of drug-likeness (QED) is 0.642. The fourth-order valence-electron chi connectivity index (χ4n) is 2.08. The number of hydrogen-bond donors (Lipinski definition) is 1. The Morgan fingerprint density at radius 2 is 1.60 bits per heavy atom. The predicted octanol–water partition coefficient (Wildman–Crippen LogP) is 6.38. The minimum Gasteiger partial charge on any atom is -0.381 e. The monoisotopic (exact) mass is 327 g/mol. The van der Waals surface area contributed by atoms with Gasteiger partial charge in [-0.05, 0) is 29.7 Å². The summed E-state index contributed by atoms with van der Waals surface area (Å²) in [6.45, 7) is 4.88. The molecule has 1 N–H and O–H groups in total. The van der Waals surface area contributed by atoms with E-state index in [1.165, 1.54) is 5.56 Å². The Kier molecular flexibility index (Phi) is 5.20. The summed E-state index contributed by atoms with van der Waals surface area (Å²) in [6, 6.07) is 11.7. The lowest BCUT2D eigenvalue weighted by Crippen LogP contribution is -2.04. The molecule has 0 radical (unpaired) electrons. The van der Waals surface area contributed by atoms with Crippen molar-refractivity contribution in [1.29, 1.82) is 0 Å². The van der Waals surface area contributed by atoms with Crippen LogP contribution >= 0.6 is 34.8 Å². The van der Waals surface area contributed by atoms with Crippen LogP contribution in [0.3, 0.4) is 0 Å². The lowest BCUT2D eigenvalue weighted by molar-refractivity contribution is 0.865. The van der Waals surface area contributed by atoms with Crippen molar-refractivity contribution in [3.8, 4) is 0 Å². The normalized spacial score (nSPS) is 10.9. The van der Waals surface area contributed by atoms with Gasteiger partial charge in [0.05, 0.1) is 10.0 Å². The molecule has 0 saturated heterocycles. The van der Waals surface area contributed by atoms with Gasteiger partial charge in [-0.3, -0.25) is 0 Å². The van der Waals surface area contributed by atoms with Crippen molar-refractivity contribution < 1.29 is 0 Å². The van der Waals surface area contributed by atoms with Gasteiger partial charge in [0.15, 0.2) is 0 Å². The molecule has 106 valence electrons. The highest BCUT2D eigenvalue weighted by Gasteiger charge is 2.11. The fraction of sp³-hybridized carbons (Fsp3) is 0.250. The molecule has 4 heteroatoms. The van der Waals surface area contributed by atoms with Crippen LogP contribution in [0.5, 0.6) is 0 Å². The van der Waals surface area contributed by atoms with Gasteiger partial charge < -0.3 is 5.32 Å². The molecular weight excluding hydrogens is 313 g/mol. The Bertz CT molecular complexity index is 609. The second kappa shape index (κ2) is 6.71. The molecule has 20 heavy (non-hydrogen) atoms. The third-order valence-electron chi connectivity index (χ3n) is 3.18. The Morgan fingerprint density at radius 3 is 2.30 bits per heavy atom. The molecule has 2 aromatic carbocycles. The molecule has 0 aliphatic rings. The van der Waals surface area contributed by atoms with Gasteiger partial charge in [-0.2, -0.15) is 0 Å². The standard InChI is InChI=1S/C16H16Cl3N/c1-10(2)11-5-3-4-6-15(11)20-9-12-13(17)7-8-14(18)16(12)19/h3-8,10,20H,9H2,1-2H3. The van der Waals surface area contributed by atoms with Crippen molar-refractivity contribution in [2.75, 3.05) is 5.32 Å². The largest absolute Gasteiger partial charge is 0.381 e. The van der Waals surface area contributed by atoms with E-state index in [-0.39, 0.29) is 0 Å². The van der Waals surface area contributed by atoms with Gasteiger partial charge in [-0.15, -0.1) is 0 Å². The van der Waals surface area contributed by atoms with Crippen LogP contribution in [0.15, 0.2) is 36.4 Å². The van der Waals surface area contributed by atoms with Gasteiger partial charge >= 0.3 is 0 Å². The Morgan fingerprint density at radius 1 is 0.950 bits per heavy atom. The van der Waals surface area contributed by atoms with Crippen LogP contribution in [0.2, 0.25) is 15.1 Å². The van der Waals surface area contributed by atoms with E-state index in [0.717, 1.165) is 11.3 Å². The SMILES string of the molecule is CC(C)c1ccccc1NCc1c(Cl)ccc(Cl)c1Cl. The van der Waals surface area contributed by atoms with Crippen LogP contribution in [-0.2, 0) is 6.54 Å². The molecule has 0 unspecified atom stereocenters. The van der Waals surface area contributed by atoms with Crippen molar-refractivity contribution in [2.24, 2.45) is 0 Å². The minimum absolute atomic E-state index is 0.448. The number of anilines is 1. The number of nitrogens with one attached hydrogen (secondary N) is 1. The molecule has 0 spiro atoms. The summed E-state index contributed by atoms with van der Waals surface area (Å²) in [6.07, 6.45) is 0. The summed E-state index contributed by atoms with van der Waals surface area (Å²) in [5, 5.41) is 5.04. The fourth-order valence-corrected chi connectivity index (χ4v) is 2.76. The van der Waals surface area contributed by atoms with Gasteiger partial charge in [0.2, 0.25) is 0 Å². The van der Waals surface area contributed by atoms with Crippen LogP contribution in [0.1, 0.15) is 30.9 Å². The lowest BCUT2D eigenvalue weighted by atomic mass is 10.0. The first kappa shape index (κ1) is 15.5. The second-order valence-electron chi connectivity index (χ2n) is 4.92. The van der Waals surface area contributed by atoms with E-state index in [4.69, 9.17) is 34.8 Å². The van der Waals surface area contributed by atoms with Crippen molar-refractivity contribution in [3.63, 3.8) is 0 Å². The van der Waals surface area contributed by atoms with Crippen molar-refractivity contribution in [3.05, 3.63) is 62.6 Å². The van der Waals surface area contributed by atoms with E-state index in [1.807, 2.05) is 12.1 Å². The van der Waals surface area contributed by atoms with Crippen LogP contribution in [0, 0.1) is 0 Å². The van der Waals surface area contributed by atoms with Crippen LogP contribution < -0.4 is 5.32 Å². The molecule has 0 atom stereocenters. The maximum absolute atomic E-state index is 6.21. The van der Waals surface area contributed by atoms with E-state index in [1.54, 1.807) is 12.1 Å². The molecule has 0 fully saturated rings. The summed E-state index contributed by atoms with van der Waals surface area (Å²) in [5.41, 5.74) is 3.18. The lowest BCUT2D eigenvalue weighted by Gasteiger charge is -2.16. The number of benzene rings is 2. The van der Waals surface area contributed by atoms with E-state index < -0.39 is 0 Å². The number of halogens is 3. The second-order valence-corrected chi connectivity index (χ2v) is 6.11. The summed E-state index contributed by atoms with van der Waals surface area (Å²) in [7, 11) is 0. The molecule has 0 saturated carbocycles. The first-order valence-electron chi connectivity index (χ1n) is 6.46. The summed E-state index contributed by atoms with van der Waals surface area (Å²) in [5.74, 6) is 0.448. The average molecular weight is 329 g/mol. The average Bonchev–Trinajstić information content (AvgIpc) is 2.43. The highest BCUT2D eigenvalue weighted by atomic mass is 35.5. The third-order valence-corrected chi connectivity index (χ3v) is 4.37. The van der Waals surface area contributed by atoms with E-state index in [0.29, 0.717) is 27.5 Å². The Labute approximate surface area is 134 Å². The minimum atomic E-state index is 0.448. The van der Waals surface area contributed by atoms with Crippen LogP contribution in [-0.4, -0.2) is 0 Å². The number of para-hydroxylation sites is 1. The molecule has 0 aromatic heterocycles. The third kappa shape index (κ3) is 3.41. The number of hydrogen-bond acceptors (Lipinski definition) is 1. The van der Waals surface area contributed by atoms with Crippen molar-refractivity contribution in [1.82, 2.24) is 0 Å². The van der Waals surface area contributed by atoms with Gasteiger partial charge in [-0.1, -0.05) is 66.8 Å². The van der Waals surface area contributed by atoms with E-state index >= 15 is 0 Å². The highest BCUT2D eigenvalue weighted by Crippen LogP contribution is 2.32. The molecule has 0 aliphatic carbocycles. The zero-order valence-electron chi connectivity index (χ0n) is 11.4. The van der Waals surface area contributed by atoms with Crippen LogP contribution in [0.25, 0.3) is 0 Å². The van der Waals surface area contributed by atoms with E-state index in [2.05, 4.69) is 31.3 Å².